The molecule has 4 aromatic heterocycles. The highest BCUT2D eigenvalue weighted by atomic mass is 32.1. The number of aromatic nitrogens is 3. The number of hydrogen-bond acceptors (Lipinski definition) is 8. The van der Waals surface area contributed by atoms with E-state index < -0.39 is 0 Å². The van der Waals surface area contributed by atoms with E-state index in [1.165, 1.54) is 4.88 Å². The number of carbonyl (C=O) groups excluding carboxylic acids is 1. The van der Waals surface area contributed by atoms with Crippen molar-refractivity contribution >= 4 is 34.4 Å². The summed E-state index contributed by atoms with van der Waals surface area (Å²) in [5.74, 6) is 1.68. The fourth-order valence-electron chi connectivity index (χ4n) is 3.83. The minimum atomic E-state index is 0.0200. The van der Waals surface area contributed by atoms with Gasteiger partial charge < -0.3 is 14.6 Å². The number of aryl methyl sites for hydroxylation is 1. The van der Waals surface area contributed by atoms with Gasteiger partial charge in [-0.05, 0) is 55.5 Å². The smallest absolute Gasteiger partial charge is 0.223 e. The number of amides is 1. The van der Waals surface area contributed by atoms with Gasteiger partial charge in [-0.25, -0.2) is 4.98 Å². The van der Waals surface area contributed by atoms with E-state index in [2.05, 4.69) is 36.8 Å². The fraction of sp³-hybridized carbons (Fsp3) is 0.304. The zero-order valence-electron chi connectivity index (χ0n) is 17.7. The molecule has 0 unspecified atom stereocenters. The maximum Gasteiger partial charge on any atom is 0.223 e. The molecule has 0 aromatic carbocycles. The molecule has 1 N–H and O–H groups in total. The van der Waals surface area contributed by atoms with Gasteiger partial charge in [-0.15, -0.1) is 32.9 Å². The lowest BCUT2D eigenvalue weighted by atomic mass is 9.96. The molecule has 1 aliphatic rings. The number of hydrogen-bond donors (Lipinski definition) is 1. The minimum Gasteiger partial charge on any atom is -0.463 e. The summed E-state index contributed by atoms with van der Waals surface area (Å²) in [5.41, 5.74) is 1.71. The van der Waals surface area contributed by atoms with Crippen molar-refractivity contribution in [3.63, 3.8) is 0 Å². The van der Waals surface area contributed by atoms with Gasteiger partial charge in [-0.1, -0.05) is 6.07 Å². The van der Waals surface area contributed by atoms with Crippen molar-refractivity contribution in [2.24, 2.45) is 5.92 Å². The zero-order chi connectivity index (χ0) is 21.9. The summed E-state index contributed by atoms with van der Waals surface area (Å²) in [6.45, 7) is 4.11. The Morgan fingerprint density at radius 1 is 1.19 bits per heavy atom. The molecule has 0 bridgehead atoms. The summed E-state index contributed by atoms with van der Waals surface area (Å²) >= 11 is 3.34. The summed E-state index contributed by atoms with van der Waals surface area (Å²) < 4.78 is 5.36. The van der Waals surface area contributed by atoms with Gasteiger partial charge in [0, 0.05) is 23.9 Å². The van der Waals surface area contributed by atoms with E-state index in [9.17, 15) is 4.79 Å². The third-order valence-electron chi connectivity index (χ3n) is 5.66. The van der Waals surface area contributed by atoms with E-state index in [1.54, 1.807) is 28.9 Å². The van der Waals surface area contributed by atoms with Crippen LogP contribution in [0.2, 0.25) is 0 Å². The predicted molar refractivity (Wildman–Crippen MR) is 127 cm³/mol. The fourth-order valence-corrected chi connectivity index (χ4v) is 5.63. The number of rotatable bonds is 6. The van der Waals surface area contributed by atoms with E-state index in [1.807, 2.05) is 37.3 Å². The number of anilines is 1. The van der Waals surface area contributed by atoms with Crippen molar-refractivity contribution in [2.75, 3.05) is 18.0 Å². The van der Waals surface area contributed by atoms with Crippen molar-refractivity contribution in [1.29, 1.82) is 0 Å². The largest absolute Gasteiger partial charge is 0.463 e. The Morgan fingerprint density at radius 2 is 2.06 bits per heavy atom. The van der Waals surface area contributed by atoms with Crippen LogP contribution in [0.3, 0.4) is 0 Å². The Labute approximate surface area is 194 Å². The number of nitrogens with zero attached hydrogens (tertiary/aromatic N) is 4. The van der Waals surface area contributed by atoms with E-state index in [0.717, 1.165) is 47.3 Å². The van der Waals surface area contributed by atoms with Crippen molar-refractivity contribution in [2.45, 2.75) is 26.3 Å². The first-order valence-corrected chi connectivity index (χ1v) is 12.3. The molecule has 0 spiro atoms. The Kier molecular flexibility index (Phi) is 6.00. The molecule has 4 aromatic rings. The van der Waals surface area contributed by atoms with Gasteiger partial charge in [-0.3, -0.25) is 4.79 Å². The highest BCUT2D eigenvalue weighted by molar-refractivity contribution is 7.21. The molecule has 1 saturated heterocycles. The molecular formula is C23H23N5O2S2. The Morgan fingerprint density at radius 3 is 2.75 bits per heavy atom. The molecule has 7 nitrogen and oxygen atoms in total. The highest BCUT2D eigenvalue weighted by Gasteiger charge is 2.26. The van der Waals surface area contributed by atoms with E-state index in [0.29, 0.717) is 18.0 Å². The van der Waals surface area contributed by atoms with Crippen molar-refractivity contribution in [3.8, 4) is 21.3 Å². The van der Waals surface area contributed by atoms with Crippen LogP contribution in [0.1, 0.15) is 23.4 Å². The molecule has 0 atom stereocenters. The van der Waals surface area contributed by atoms with Crippen LogP contribution in [0.4, 0.5) is 5.82 Å². The molecule has 0 aliphatic carbocycles. The molecule has 5 rings (SSSR count). The normalized spacial score (nSPS) is 14.6. The SMILES string of the molecule is Cc1nc(-c2cccs2)sc1CNC(=O)C1CCN(c2ccc(-c3ccco3)nn2)CC1. The average Bonchev–Trinajstić information content (AvgIpc) is 3.60. The first kappa shape index (κ1) is 20.8. The molecule has 5 heterocycles. The first-order valence-electron chi connectivity index (χ1n) is 10.6. The summed E-state index contributed by atoms with van der Waals surface area (Å²) in [6, 6.07) is 11.7. The van der Waals surface area contributed by atoms with Crippen LogP contribution in [0.5, 0.6) is 0 Å². The van der Waals surface area contributed by atoms with Crippen LogP contribution in [-0.4, -0.2) is 34.2 Å². The second-order valence-electron chi connectivity index (χ2n) is 7.74. The van der Waals surface area contributed by atoms with Gasteiger partial charge in [0.05, 0.1) is 23.4 Å². The number of nitrogens with one attached hydrogen (secondary N) is 1. The lowest BCUT2D eigenvalue weighted by molar-refractivity contribution is -0.125. The Bertz CT molecular complexity index is 1160. The third-order valence-corrected chi connectivity index (χ3v) is 7.86. The predicted octanol–water partition coefficient (Wildman–Crippen LogP) is 4.76. The maximum absolute atomic E-state index is 12.8. The van der Waals surface area contributed by atoms with Gasteiger partial charge >= 0.3 is 0 Å². The summed E-state index contributed by atoms with van der Waals surface area (Å²) in [6.07, 6.45) is 3.23. The van der Waals surface area contributed by atoms with Crippen molar-refractivity contribution in [1.82, 2.24) is 20.5 Å². The molecule has 1 amide bonds. The number of piperidine rings is 1. The highest BCUT2D eigenvalue weighted by Crippen LogP contribution is 2.31. The molecule has 9 heteroatoms. The van der Waals surface area contributed by atoms with Gasteiger partial charge in [0.25, 0.3) is 0 Å². The maximum atomic E-state index is 12.8. The number of furan rings is 1. The van der Waals surface area contributed by atoms with E-state index >= 15 is 0 Å². The summed E-state index contributed by atoms with van der Waals surface area (Å²) in [7, 11) is 0. The number of thiophene rings is 1. The molecule has 32 heavy (non-hydrogen) atoms. The van der Waals surface area contributed by atoms with Gasteiger partial charge in [0.15, 0.2) is 11.6 Å². The number of thiazole rings is 1. The minimum absolute atomic E-state index is 0.0200. The Hall–Kier alpha value is -3.04. The average molecular weight is 466 g/mol. The number of carbonyl (C=O) groups is 1. The van der Waals surface area contributed by atoms with Crippen LogP contribution in [0.15, 0.2) is 52.5 Å². The Balaban J connectivity index is 1.13. The molecular weight excluding hydrogens is 442 g/mol. The molecule has 1 fully saturated rings. The van der Waals surface area contributed by atoms with Crippen LogP contribution in [-0.2, 0) is 11.3 Å². The molecule has 0 saturated carbocycles. The van der Waals surface area contributed by atoms with Gasteiger partial charge in [0.2, 0.25) is 5.91 Å². The van der Waals surface area contributed by atoms with Gasteiger partial charge in [-0.2, -0.15) is 0 Å². The van der Waals surface area contributed by atoms with Crippen LogP contribution >= 0.6 is 22.7 Å². The second kappa shape index (κ2) is 9.22. The van der Waals surface area contributed by atoms with E-state index in [4.69, 9.17) is 4.42 Å². The third kappa shape index (κ3) is 4.44. The summed E-state index contributed by atoms with van der Waals surface area (Å²) in [4.78, 5) is 21.9. The lowest BCUT2D eigenvalue weighted by Gasteiger charge is -2.31. The zero-order valence-corrected chi connectivity index (χ0v) is 19.3. The van der Waals surface area contributed by atoms with Crippen molar-refractivity contribution in [3.05, 3.63) is 58.6 Å². The molecule has 164 valence electrons. The van der Waals surface area contributed by atoms with Crippen LogP contribution < -0.4 is 10.2 Å². The quantitative estimate of drug-likeness (QED) is 0.442. The topological polar surface area (TPSA) is 84.2 Å². The first-order chi connectivity index (χ1) is 15.7. The second-order valence-corrected chi connectivity index (χ2v) is 9.77. The molecule has 0 radical (unpaired) electrons. The van der Waals surface area contributed by atoms with E-state index in [-0.39, 0.29) is 11.8 Å². The van der Waals surface area contributed by atoms with Gasteiger partial charge in [0.1, 0.15) is 10.7 Å². The lowest BCUT2D eigenvalue weighted by Crippen LogP contribution is -2.40. The van der Waals surface area contributed by atoms with Crippen LogP contribution in [0.25, 0.3) is 21.3 Å². The summed E-state index contributed by atoms with van der Waals surface area (Å²) in [5, 5.41) is 14.8. The van der Waals surface area contributed by atoms with Crippen molar-refractivity contribution < 1.29 is 9.21 Å². The molecule has 1 aliphatic heterocycles. The standard InChI is InChI=1S/C23H23N5O2S2/c1-15-20(32-23(25-15)19-5-3-13-31-19)14-24-22(29)16-8-10-28(11-9-16)21-7-6-17(26-27-21)18-4-2-12-30-18/h2-7,12-13,16H,8-11,14H2,1H3,(H,24,29). The van der Waals surface area contributed by atoms with Crippen LogP contribution in [0, 0.1) is 12.8 Å². The monoisotopic (exact) mass is 465 g/mol.